The van der Waals surface area contributed by atoms with Gasteiger partial charge in [-0.25, -0.2) is 4.98 Å². The lowest BCUT2D eigenvalue weighted by Crippen LogP contribution is -2.42. The van der Waals surface area contributed by atoms with Crippen molar-refractivity contribution in [1.29, 1.82) is 0 Å². The van der Waals surface area contributed by atoms with Crippen molar-refractivity contribution in [3.05, 3.63) is 44.9 Å². The molecule has 0 saturated carbocycles. The smallest absolute Gasteiger partial charge is 0.254 e. The van der Waals surface area contributed by atoms with Gasteiger partial charge in [0, 0.05) is 30.0 Å². The maximum atomic E-state index is 12.7. The van der Waals surface area contributed by atoms with Gasteiger partial charge in [-0.05, 0) is 46.6 Å². The second kappa shape index (κ2) is 6.82. The number of aromatic nitrogens is 4. The molecule has 2 aromatic rings. The fourth-order valence-corrected chi connectivity index (χ4v) is 3.62. The molecule has 0 spiro atoms. The summed E-state index contributed by atoms with van der Waals surface area (Å²) < 4.78 is 2.03. The van der Waals surface area contributed by atoms with E-state index in [1.807, 2.05) is 23.4 Å². The largest absolute Gasteiger partial charge is 0.340 e. The Morgan fingerprint density at radius 2 is 2.08 bits per heavy atom. The summed E-state index contributed by atoms with van der Waals surface area (Å²) in [7, 11) is 0. The van der Waals surface area contributed by atoms with E-state index in [4.69, 9.17) is 0 Å². The summed E-state index contributed by atoms with van der Waals surface area (Å²) in [6.45, 7) is 8.90. The van der Waals surface area contributed by atoms with E-state index in [9.17, 15) is 9.59 Å². The Hall–Kier alpha value is -2.44. The second-order valence-electron chi connectivity index (χ2n) is 6.90. The lowest BCUT2D eigenvalue weighted by Gasteiger charge is -2.33. The molecule has 134 valence electrons. The van der Waals surface area contributed by atoms with Gasteiger partial charge in [0.15, 0.2) is 0 Å². The van der Waals surface area contributed by atoms with Gasteiger partial charge in [0.25, 0.3) is 5.56 Å². The number of rotatable bonds is 3. The van der Waals surface area contributed by atoms with Crippen LogP contribution in [0.2, 0.25) is 0 Å². The number of carbonyl (C=O) groups excluding carboxylic acids is 1. The van der Waals surface area contributed by atoms with Crippen LogP contribution in [0.3, 0.4) is 0 Å². The molecular formula is C18H25N5O2. The van der Waals surface area contributed by atoms with Crippen LogP contribution in [0, 0.1) is 27.7 Å². The third-order valence-electron chi connectivity index (χ3n) is 4.81. The number of hydrogen-bond donors (Lipinski definition) is 1. The highest BCUT2D eigenvalue weighted by Gasteiger charge is 2.27. The van der Waals surface area contributed by atoms with Crippen LogP contribution in [0.15, 0.2) is 10.9 Å². The van der Waals surface area contributed by atoms with Crippen LogP contribution in [-0.4, -0.2) is 43.6 Å². The van der Waals surface area contributed by atoms with E-state index in [2.05, 4.69) is 21.1 Å². The number of likely N-dealkylation sites (tertiary alicyclic amines) is 1. The number of amides is 1. The Bertz CT molecular complexity index is 852. The highest BCUT2D eigenvalue weighted by Crippen LogP contribution is 2.23. The molecule has 3 heterocycles. The molecule has 1 aliphatic heterocycles. The fraction of sp³-hybridized carbons (Fsp3) is 0.556. The van der Waals surface area contributed by atoms with Crippen molar-refractivity contribution in [3.63, 3.8) is 0 Å². The third-order valence-corrected chi connectivity index (χ3v) is 4.81. The van der Waals surface area contributed by atoms with Crippen LogP contribution in [0.4, 0.5) is 0 Å². The molecule has 1 fully saturated rings. The van der Waals surface area contributed by atoms with E-state index < -0.39 is 0 Å². The van der Waals surface area contributed by atoms with Crippen molar-refractivity contribution >= 4 is 5.91 Å². The van der Waals surface area contributed by atoms with Gasteiger partial charge in [0.05, 0.1) is 18.2 Å². The predicted octanol–water partition coefficient (Wildman–Crippen LogP) is 1.61. The molecule has 0 aliphatic carbocycles. The standard InChI is InChI=1S/C18H25N5O2/c1-11-8-12(2)23(21-11)15-6-5-7-22(10-15)17(24)9-16-13(3)19-14(4)20-18(16)25/h8,15H,5-7,9-10H2,1-4H3,(H,19,20,25). The van der Waals surface area contributed by atoms with E-state index in [-0.39, 0.29) is 23.9 Å². The van der Waals surface area contributed by atoms with Crippen molar-refractivity contribution in [2.24, 2.45) is 0 Å². The van der Waals surface area contributed by atoms with E-state index in [1.165, 1.54) is 0 Å². The highest BCUT2D eigenvalue weighted by atomic mass is 16.2. The van der Waals surface area contributed by atoms with Crippen molar-refractivity contribution in [3.8, 4) is 0 Å². The Morgan fingerprint density at radius 3 is 2.72 bits per heavy atom. The van der Waals surface area contributed by atoms with Crippen LogP contribution in [0.1, 0.15) is 47.4 Å². The number of nitrogens with zero attached hydrogens (tertiary/aromatic N) is 4. The Balaban J connectivity index is 1.75. The minimum Gasteiger partial charge on any atom is -0.340 e. The lowest BCUT2D eigenvalue weighted by atomic mass is 10.0. The van der Waals surface area contributed by atoms with E-state index in [0.29, 0.717) is 23.6 Å². The van der Waals surface area contributed by atoms with E-state index in [1.54, 1.807) is 13.8 Å². The summed E-state index contributed by atoms with van der Waals surface area (Å²) in [5, 5.41) is 4.56. The quantitative estimate of drug-likeness (QED) is 0.917. The highest BCUT2D eigenvalue weighted by molar-refractivity contribution is 5.79. The molecule has 1 amide bonds. The summed E-state index contributed by atoms with van der Waals surface area (Å²) >= 11 is 0. The number of H-pyrrole nitrogens is 1. The van der Waals surface area contributed by atoms with Crippen molar-refractivity contribution < 1.29 is 4.79 Å². The molecule has 1 atom stereocenters. The zero-order valence-electron chi connectivity index (χ0n) is 15.3. The van der Waals surface area contributed by atoms with Crippen molar-refractivity contribution in [2.75, 3.05) is 13.1 Å². The number of carbonyl (C=O) groups is 1. The van der Waals surface area contributed by atoms with Crippen LogP contribution in [-0.2, 0) is 11.2 Å². The summed E-state index contributed by atoms with van der Waals surface area (Å²) in [6.07, 6.45) is 2.05. The molecule has 3 rings (SSSR count). The predicted molar refractivity (Wildman–Crippen MR) is 94.6 cm³/mol. The topological polar surface area (TPSA) is 83.9 Å². The molecule has 7 nitrogen and oxygen atoms in total. The van der Waals surface area contributed by atoms with Crippen molar-refractivity contribution in [2.45, 2.75) is 53.0 Å². The van der Waals surface area contributed by atoms with Crippen LogP contribution < -0.4 is 5.56 Å². The van der Waals surface area contributed by atoms with E-state index >= 15 is 0 Å². The Kier molecular flexibility index (Phi) is 4.74. The summed E-state index contributed by atoms with van der Waals surface area (Å²) in [6, 6.07) is 2.25. The van der Waals surface area contributed by atoms with Crippen molar-refractivity contribution in [1.82, 2.24) is 24.6 Å². The molecule has 1 N–H and O–H groups in total. The Labute approximate surface area is 147 Å². The second-order valence-corrected chi connectivity index (χ2v) is 6.90. The number of aryl methyl sites for hydroxylation is 4. The van der Waals surface area contributed by atoms with Crippen LogP contribution in [0.25, 0.3) is 0 Å². The molecule has 0 bridgehead atoms. The molecule has 1 saturated heterocycles. The summed E-state index contributed by atoms with van der Waals surface area (Å²) in [5.41, 5.74) is 2.98. The number of piperidine rings is 1. The number of nitrogens with one attached hydrogen (secondary N) is 1. The normalized spacial score (nSPS) is 17.8. The average Bonchev–Trinajstić information content (AvgIpc) is 2.89. The van der Waals surface area contributed by atoms with Crippen LogP contribution in [0.5, 0.6) is 0 Å². The van der Waals surface area contributed by atoms with Gasteiger partial charge in [-0.2, -0.15) is 5.10 Å². The van der Waals surface area contributed by atoms with Gasteiger partial charge in [-0.3, -0.25) is 14.3 Å². The molecular weight excluding hydrogens is 318 g/mol. The maximum Gasteiger partial charge on any atom is 0.254 e. The molecule has 0 radical (unpaired) electrons. The van der Waals surface area contributed by atoms with Gasteiger partial charge in [0.2, 0.25) is 5.91 Å². The fourth-order valence-electron chi connectivity index (χ4n) is 3.62. The molecule has 0 aromatic carbocycles. The first-order valence-electron chi connectivity index (χ1n) is 8.72. The monoisotopic (exact) mass is 343 g/mol. The van der Waals surface area contributed by atoms with Gasteiger partial charge in [0.1, 0.15) is 5.82 Å². The number of aromatic amines is 1. The molecule has 7 heteroatoms. The first kappa shape index (κ1) is 17.4. The average molecular weight is 343 g/mol. The first-order chi connectivity index (χ1) is 11.8. The minimum absolute atomic E-state index is 0.0227. The van der Waals surface area contributed by atoms with E-state index in [0.717, 1.165) is 30.8 Å². The molecule has 25 heavy (non-hydrogen) atoms. The van der Waals surface area contributed by atoms with Gasteiger partial charge < -0.3 is 9.88 Å². The number of hydrogen-bond acceptors (Lipinski definition) is 4. The Morgan fingerprint density at radius 1 is 1.32 bits per heavy atom. The van der Waals surface area contributed by atoms with Gasteiger partial charge in [-0.1, -0.05) is 0 Å². The summed E-state index contributed by atoms with van der Waals surface area (Å²) in [5.74, 6) is 0.548. The molecule has 2 aromatic heterocycles. The zero-order valence-corrected chi connectivity index (χ0v) is 15.3. The SMILES string of the molecule is Cc1cc(C)n(C2CCCN(C(=O)Cc3c(C)nc(C)[nH]c3=O)C2)n1. The molecule has 1 aliphatic rings. The summed E-state index contributed by atoms with van der Waals surface area (Å²) in [4.78, 5) is 33.7. The van der Waals surface area contributed by atoms with Gasteiger partial charge in [-0.15, -0.1) is 0 Å². The maximum absolute atomic E-state index is 12.7. The van der Waals surface area contributed by atoms with Crippen LogP contribution >= 0.6 is 0 Å². The lowest BCUT2D eigenvalue weighted by molar-refractivity contribution is -0.132. The zero-order chi connectivity index (χ0) is 18.1. The van der Waals surface area contributed by atoms with Gasteiger partial charge >= 0.3 is 0 Å². The minimum atomic E-state index is -0.217. The molecule has 1 unspecified atom stereocenters. The first-order valence-corrected chi connectivity index (χ1v) is 8.72. The third kappa shape index (κ3) is 3.65.